The molecule has 1 aromatic carbocycles. The molecule has 0 aliphatic heterocycles. The van der Waals surface area contributed by atoms with Crippen molar-refractivity contribution in [3.63, 3.8) is 0 Å². The van der Waals surface area contributed by atoms with E-state index in [9.17, 15) is 14.7 Å². The maximum Gasteiger partial charge on any atom is 0.338 e. The van der Waals surface area contributed by atoms with E-state index in [-0.39, 0.29) is 28.7 Å². The van der Waals surface area contributed by atoms with Gasteiger partial charge in [-0.05, 0) is 19.1 Å². The van der Waals surface area contributed by atoms with Gasteiger partial charge < -0.3 is 14.6 Å². The molecule has 0 radical (unpaired) electrons. The minimum atomic E-state index is -0.637. The van der Waals surface area contributed by atoms with E-state index in [0.717, 1.165) is 0 Å². The van der Waals surface area contributed by atoms with Gasteiger partial charge in [-0.2, -0.15) is 0 Å². The number of carbonyl (C=O) groups is 2. The minimum absolute atomic E-state index is 0.0163. The van der Waals surface area contributed by atoms with Crippen LogP contribution < -0.4 is 9.47 Å². The Kier molecular flexibility index (Phi) is 4.69. The number of hydrogen-bond acceptors (Lipinski definition) is 5. The summed E-state index contributed by atoms with van der Waals surface area (Å²) in [6.45, 7) is 8.33. The average Bonchev–Trinajstić information content (AvgIpc) is 2.32. The lowest BCUT2D eigenvalue weighted by molar-refractivity contribution is -0.137. The molecule has 0 amide bonds. The van der Waals surface area contributed by atoms with Gasteiger partial charge >= 0.3 is 11.9 Å². The number of esters is 2. The number of hydrogen-bond donors (Lipinski definition) is 1. The molecule has 0 spiro atoms. The van der Waals surface area contributed by atoms with E-state index in [1.54, 1.807) is 13.8 Å². The van der Waals surface area contributed by atoms with Gasteiger partial charge in [0, 0.05) is 11.6 Å². The Morgan fingerprint density at radius 2 is 1.89 bits per heavy atom. The average molecular weight is 264 g/mol. The third-order valence-electron chi connectivity index (χ3n) is 2.17. The van der Waals surface area contributed by atoms with Crippen molar-refractivity contribution >= 4 is 11.9 Å². The van der Waals surface area contributed by atoms with Gasteiger partial charge in [-0.25, -0.2) is 4.79 Å². The van der Waals surface area contributed by atoms with Crippen LogP contribution in [-0.4, -0.2) is 17.0 Å². The summed E-state index contributed by atoms with van der Waals surface area (Å²) in [6, 6.07) is 3.99. The van der Waals surface area contributed by atoms with Crippen molar-refractivity contribution in [3.8, 4) is 17.2 Å². The van der Waals surface area contributed by atoms with Gasteiger partial charge in [0.15, 0.2) is 11.5 Å². The van der Waals surface area contributed by atoms with Gasteiger partial charge in [0.05, 0.1) is 5.92 Å². The smallest absolute Gasteiger partial charge is 0.338 e. The summed E-state index contributed by atoms with van der Waals surface area (Å²) in [6.07, 6.45) is 0. The number of carbonyl (C=O) groups excluding carboxylic acids is 2. The van der Waals surface area contributed by atoms with E-state index in [0.29, 0.717) is 0 Å². The highest BCUT2D eigenvalue weighted by molar-refractivity contribution is 5.89. The van der Waals surface area contributed by atoms with Crippen LogP contribution >= 0.6 is 0 Å². The predicted octanol–water partition coefficient (Wildman–Crippen LogP) is 2.44. The van der Waals surface area contributed by atoms with E-state index < -0.39 is 11.9 Å². The minimum Gasteiger partial charge on any atom is -0.504 e. The second kappa shape index (κ2) is 6.04. The Balaban J connectivity index is 2.83. The fraction of sp³-hybridized carbons (Fsp3) is 0.286. The topological polar surface area (TPSA) is 72.8 Å². The van der Waals surface area contributed by atoms with E-state index in [1.165, 1.54) is 25.1 Å². The third-order valence-corrected chi connectivity index (χ3v) is 2.17. The van der Waals surface area contributed by atoms with E-state index in [1.807, 2.05) is 0 Å². The van der Waals surface area contributed by atoms with Gasteiger partial charge in [0.2, 0.25) is 0 Å². The van der Waals surface area contributed by atoms with Crippen LogP contribution in [0.4, 0.5) is 0 Å². The van der Waals surface area contributed by atoms with Crippen LogP contribution in [0.2, 0.25) is 0 Å². The van der Waals surface area contributed by atoms with Crippen molar-refractivity contribution in [2.24, 2.45) is 5.92 Å². The summed E-state index contributed by atoms with van der Waals surface area (Å²) in [5.74, 6) is -1.44. The van der Waals surface area contributed by atoms with Crippen LogP contribution in [-0.2, 0) is 9.59 Å². The highest BCUT2D eigenvalue weighted by atomic mass is 16.5. The van der Waals surface area contributed by atoms with Crippen molar-refractivity contribution < 1.29 is 24.2 Å². The molecule has 0 saturated heterocycles. The molecule has 1 N–H and O–H groups in total. The SMILES string of the molecule is C=C(C)C(=O)Oc1ccc(OC(=O)C(C)C)cc1O. The normalized spacial score (nSPS) is 10.1. The molecule has 1 aromatic rings. The summed E-state index contributed by atoms with van der Waals surface area (Å²) in [5, 5.41) is 9.68. The van der Waals surface area contributed by atoms with Crippen molar-refractivity contribution in [1.29, 1.82) is 0 Å². The number of aromatic hydroxyl groups is 1. The fourth-order valence-electron chi connectivity index (χ4n) is 1.07. The third kappa shape index (κ3) is 4.13. The summed E-state index contributed by atoms with van der Waals surface area (Å²) >= 11 is 0. The molecule has 0 atom stereocenters. The van der Waals surface area contributed by atoms with Gasteiger partial charge in [-0.3, -0.25) is 4.79 Å². The maximum absolute atomic E-state index is 11.4. The Morgan fingerprint density at radius 1 is 1.26 bits per heavy atom. The van der Waals surface area contributed by atoms with Crippen LogP contribution in [0.1, 0.15) is 20.8 Å². The molecule has 5 heteroatoms. The molecular formula is C14H16O5. The highest BCUT2D eigenvalue weighted by Crippen LogP contribution is 2.30. The van der Waals surface area contributed by atoms with Crippen LogP contribution in [0.25, 0.3) is 0 Å². The van der Waals surface area contributed by atoms with Crippen molar-refractivity contribution in [2.45, 2.75) is 20.8 Å². The standard InChI is InChI=1S/C14H16O5/c1-8(2)13(16)18-10-5-6-12(11(15)7-10)19-14(17)9(3)4/h5-8,15H,3H2,1-2,4H3. The van der Waals surface area contributed by atoms with Crippen molar-refractivity contribution in [3.05, 3.63) is 30.4 Å². The Hall–Kier alpha value is -2.30. The lowest BCUT2D eigenvalue weighted by Gasteiger charge is -2.09. The first-order valence-corrected chi connectivity index (χ1v) is 5.73. The molecule has 19 heavy (non-hydrogen) atoms. The van der Waals surface area contributed by atoms with Gasteiger partial charge in [-0.1, -0.05) is 20.4 Å². The van der Waals surface area contributed by atoms with Crippen LogP contribution in [0.5, 0.6) is 17.2 Å². The number of benzene rings is 1. The van der Waals surface area contributed by atoms with Crippen LogP contribution in [0, 0.1) is 5.92 Å². The zero-order chi connectivity index (χ0) is 14.6. The summed E-state index contributed by atoms with van der Waals surface area (Å²) in [5.41, 5.74) is 0.217. The zero-order valence-corrected chi connectivity index (χ0v) is 11.1. The highest BCUT2D eigenvalue weighted by Gasteiger charge is 2.13. The Bertz CT molecular complexity index is 517. The Morgan fingerprint density at radius 3 is 2.37 bits per heavy atom. The number of phenols is 1. The molecular weight excluding hydrogens is 248 g/mol. The lowest BCUT2D eigenvalue weighted by atomic mass is 10.2. The van der Waals surface area contributed by atoms with E-state index in [4.69, 9.17) is 9.47 Å². The fourth-order valence-corrected chi connectivity index (χ4v) is 1.07. The van der Waals surface area contributed by atoms with Gasteiger partial charge in [-0.15, -0.1) is 0 Å². The molecule has 0 aliphatic carbocycles. The van der Waals surface area contributed by atoms with Gasteiger partial charge in [0.25, 0.3) is 0 Å². The molecule has 0 unspecified atom stereocenters. The molecule has 0 aromatic heterocycles. The molecule has 0 bridgehead atoms. The predicted molar refractivity (Wildman–Crippen MR) is 69.0 cm³/mol. The summed E-state index contributed by atoms with van der Waals surface area (Å²) < 4.78 is 9.89. The van der Waals surface area contributed by atoms with Crippen LogP contribution in [0.3, 0.4) is 0 Å². The van der Waals surface area contributed by atoms with Crippen molar-refractivity contribution in [1.82, 2.24) is 0 Å². The molecule has 1 rings (SSSR count). The lowest BCUT2D eigenvalue weighted by Crippen LogP contribution is -2.14. The number of phenolic OH excluding ortho intramolecular Hbond substituents is 1. The molecule has 102 valence electrons. The quantitative estimate of drug-likeness (QED) is 0.513. The molecule has 0 fully saturated rings. The van der Waals surface area contributed by atoms with E-state index >= 15 is 0 Å². The first-order valence-electron chi connectivity index (χ1n) is 5.73. The molecule has 0 heterocycles. The second-order valence-corrected chi connectivity index (χ2v) is 4.38. The molecule has 0 aliphatic rings. The largest absolute Gasteiger partial charge is 0.504 e. The molecule has 0 saturated carbocycles. The summed E-state index contributed by atoms with van der Waals surface area (Å²) in [4.78, 5) is 22.7. The van der Waals surface area contributed by atoms with E-state index in [2.05, 4.69) is 6.58 Å². The first kappa shape index (κ1) is 14.8. The second-order valence-electron chi connectivity index (χ2n) is 4.38. The zero-order valence-electron chi connectivity index (χ0n) is 11.1. The number of rotatable bonds is 4. The molecule has 5 nitrogen and oxygen atoms in total. The number of ether oxygens (including phenoxy) is 2. The van der Waals surface area contributed by atoms with Gasteiger partial charge in [0.1, 0.15) is 5.75 Å². The van der Waals surface area contributed by atoms with Crippen molar-refractivity contribution in [2.75, 3.05) is 0 Å². The summed E-state index contributed by atoms with van der Waals surface area (Å²) in [7, 11) is 0. The monoisotopic (exact) mass is 264 g/mol. The van der Waals surface area contributed by atoms with Crippen LogP contribution in [0.15, 0.2) is 30.4 Å². The maximum atomic E-state index is 11.4. The first-order chi connectivity index (χ1) is 8.81. The Labute approximate surface area is 111 Å².